The van der Waals surface area contributed by atoms with Gasteiger partial charge in [-0.15, -0.1) is 0 Å². The lowest BCUT2D eigenvalue weighted by atomic mass is 10.2. The lowest BCUT2D eigenvalue weighted by Crippen LogP contribution is -2.36. The molecule has 0 aliphatic carbocycles. The molecule has 2 aliphatic rings. The van der Waals surface area contributed by atoms with Crippen LogP contribution in [0.2, 0.25) is 0 Å². The minimum atomic E-state index is -4.64. The largest absolute Gasteiger partial charge is 0.479 e. The monoisotopic (exact) mass is 479 g/mol. The first-order valence-corrected chi connectivity index (χ1v) is 10.1. The summed E-state index contributed by atoms with van der Waals surface area (Å²) in [6.45, 7) is -0.196. The van der Waals surface area contributed by atoms with Gasteiger partial charge in [0.05, 0.1) is 6.61 Å². The summed E-state index contributed by atoms with van der Waals surface area (Å²) in [6.07, 6.45) is -6.20. The summed E-state index contributed by atoms with van der Waals surface area (Å²) in [4.78, 5) is 18.2. The van der Waals surface area contributed by atoms with Crippen molar-refractivity contribution in [3.8, 4) is 5.75 Å². The highest BCUT2D eigenvalue weighted by Crippen LogP contribution is 2.32. The van der Waals surface area contributed by atoms with E-state index in [2.05, 4.69) is 15.0 Å². The Balaban J connectivity index is 1.51. The highest BCUT2D eigenvalue weighted by Gasteiger charge is 2.47. The number of hydrogen-bond acceptors (Lipinski definition) is 6. The van der Waals surface area contributed by atoms with E-state index in [1.54, 1.807) is 4.90 Å². The molecule has 180 valence electrons. The van der Waals surface area contributed by atoms with Crippen LogP contribution in [0.15, 0.2) is 22.6 Å². The number of carbonyl (C=O) groups is 1. The molecule has 3 heterocycles. The van der Waals surface area contributed by atoms with Gasteiger partial charge in [-0.25, -0.2) is 4.39 Å². The zero-order chi connectivity index (χ0) is 23.8. The molecule has 7 nitrogen and oxygen atoms in total. The van der Waals surface area contributed by atoms with Gasteiger partial charge in [0.2, 0.25) is 0 Å². The van der Waals surface area contributed by atoms with E-state index in [4.69, 9.17) is 9.15 Å². The predicted molar refractivity (Wildman–Crippen MR) is 102 cm³/mol. The number of ether oxygens (including phenoxy) is 2. The fraction of sp³-hybridized carbons (Fsp3) is 0.500. The zero-order valence-electron chi connectivity index (χ0n) is 17.1. The maximum atomic E-state index is 14.4. The zero-order valence-corrected chi connectivity index (χ0v) is 17.1. The van der Waals surface area contributed by atoms with Crippen LogP contribution in [-0.2, 0) is 11.2 Å². The van der Waals surface area contributed by atoms with E-state index in [9.17, 15) is 31.1 Å². The maximum absolute atomic E-state index is 14.4. The number of nitrogens with one attached hydrogen (secondary N) is 1. The topological polar surface area (TPSA) is 76.8 Å². The third kappa shape index (κ3) is 5.34. The first-order valence-electron chi connectivity index (χ1n) is 10.1. The lowest BCUT2D eigenvalue weighted by Gasteiger charge is -2.19. The van der Waals surface area contributed by atoms with Crippen LogP contribution in [0.3, 0.4) is 0 Å². The molecule has 1 aromatic carbocycles. The number of hydrogen-bond donors (Lipinski definition) is 1. The van der Waals surface area contributed by atoms with Crippen molar-refractivity contribution in [1.29, 1.82) is 0 Å². The van der Waals surface area contributed by atoms with Crippen molar-refractivity contribution >= 4 is 17.6 Å². The van der Waals surface area contributed by atoms with Crippen molar-refractivity contribution in [2.75, 3.05) is 36.5 Å². The SMILES string of the molecule is O=C(Nc1ccc(O[C@H]2COCC2(F)F)c(F)c1)c1nc(N2CCCC2)oc1CC(F)(F)F. The summed E-state index contributed by atoms with van der Waals surface area (Å²) in [5.74, 6) is -6.52. The van der Waals surface area contributed by atoms with Crippen LogP contribution in [0.1, 0.15) is 29.1 Å². The number of amides is 1. The van der Waals surface area contributed by atoms with Gasteiger partial charge in [0.1, 0.15) is 18.8 Å². The molecule has 1 aromatic heterocycles. The molecule has 0 spiro atoms. The summed E-state index contributed by atoms with van der Waals surface area (Å²) < 4.78 is 95.3. The molecular weight excluding hydrogens is 460 g/mol. The van der Waals surface area contributed by atoms with Crippen LogP contribution in [-0.4, -0.2) is 55.4 Å². The van der Waals surface area contributed by atoms with Crippen LogP contribution >= 0.6 is 0 Å². The molecule has 1 N–H and O–H groups in total. The summed E-state index contributed by atoms with van der Waals surface area (Å²) in [5, 5.41) is 2.25. The second-order valence-corrected chi connectivity index (χ2v) is 7.74. The van der Waals surface area contributed by atoms with Gasteiger partial charge in [-0.05, 0) is 25.0 Å². The van der Waals surface area contributed by atoms with Crippen molar-refractivity contribution in [1.82, 2.24) is 4.98 Å². The Morgan fingerprint density at radius 3 is 2.61 bits per heavy atom. The first kappa shape index (κ1) is 23.2. The van der Waals surface area contributed by atoms with Crippen molar-refractivity contribution in [2.45, 2.75) is 37.5 Å². The van der Waals surface area contributed by atoms with Crippen LogP contribution in [0.5, 0.6) is 5.75 Å². The second kappa shape index (κ2) is 8.76. The van der Waals surface area contributed by atoms with E-state index in [0.29, 0.717) is 13.1 Å². The predicted octanol–water partition coefficient (Wildman–Crippen LogP) is 4.18. The molecule has 0 radical (unpaired) electrons. The van der Waals surface area contributed by atoms with Crippen molar-refractivity contribution < 1.29 is 45.0 Å². The molecule has 4 rings (SSSR count). The second-order valence-electron chi connectivity index (χ2n) is 7.74. The van der Waals surface area contributed by atoms with E-state index < -0.39 is 66.8 Å². The first-order chi connectivity index (χ1) is 15.5. The van der Waals surface area contributed by atoms with Crippen LogP contribution in [0.25, 0.3) is 0 Å². The van der Waals surface area contributed by atoms with Crippen LogP contribution < -0.4 is 15.0 Å². The quantitative estimate of drug-likeness (QED) is 0.627. The Kier molecular flexibility index (Phi) is 6.16. The number of aromatic nitrogens is 1. The van der Waals surface area contributed by atoms with E-state index >= 15 is 0 Å². The van der Waals surface area contributed by atoms with Crippen LogP contribution in [0, 0.1) is 5.82 Å². The Bertz CT molecular complexity index is 1020. The number of rotatable bonds is 6. The number of benzene rings is 1. The highest BCUT2D eigenvalue weighted by molar-refractivity contribution is 6.03. The Hall–Kier alpha value is -2.96. The average molecular weight is 479 g/mol. The van der Waals surface area contributed by atoms with Gasteiger partial charge in [-0.1, -0.05) is 0 Å². The van der Waals surface area contributed by atoms with E-state index in [1.165, 1.54) is 0 Å². The van der Waals surface area contributed by atoms with E-state index in [0.717, 1.165) is 31.0 Å². The molecule has 0 unspecified atom stereocenters. The molecule has 2 aliphatic heterocycles. The minimum Gasteiger partial charge on any atom is -0.479 e. The smallest absolute Gasteiger partial charge is 0.396 e. The summed E-state index contributed by atoms with van der Waals surface area (Å²) in [6, 6.07) is 2.89. The molecule has 1 atom stereocenters. The molecule has 1 amide bonds. The minimum absolute atomic E-state index is 0.0912. The number of anilines is 2. The number of alkyl halides is 5. The normalized spacial score (nSPS) is 20.3. The molecule has 2 aromatic rings. The molecule has 0 saturated carbocycles. The van der Waals surface area contributed by atoms with Gasteiger partial charge in [-0.2, -0.15) is 26.9 Å². The number of nitrogens with zero attached hydrogens (tertiary/aromatic N) is 2. The molecule has 0 bridgehead atoms. The summed E-state index contributed by atoms with van der Waals surface area (Å²) in [7, 11) is 0. The Labute approximate surface area is 183 Å². The van der Waals surface area contributed by atoms with Crippen LogP contribution in [0.4, 0.5) is 38.0 Å². The van der Waals surface area contributed by atoms with Gasteiger partial charge < -0.3 is 24.1 Å². The number of halogens is 6. The molecule has 2 saturated heterocycles. The number of carbonyl (C=O) groups excluding carboxylic acids is 1. The highest BCUT2D eigenvalue weighted by atomic mass is 19.4. The van der Waals surface area contributed by atoms with E-state index in [1.807, 2.05) is 0 Å². The van der Waals surface area contributed by atoms with Gasteiger partial charge in [0.25, 0.3) is 11.9 Å². The van der Waals surface area contributed by atoms with Crippen molar-refractivity contribution in [2.24, 2.45) is 0 Å². The maximum Gasteiger partial charge on any atom is 0.396 e. The van der Waals surface area contributed by atoms with Gasteiger partial charge in [-0.3, -0.25) is 4.79 Å². The lowest BCUT2D eigenvalue weighted by molar-refractivity contribution is -0.130. The van der Waals surface area contributed by atoms with Crippen molar-refractivity contribution in [3.63, 3.8) is 0 Å². The fourth-order valence-corrected chi connectivity index (χ4v) is 3.52. The number of oxazole rings is 1. The standard InChI is InChI=1S/C20H19F6N3O4/c21-12-7-11(3-4-13(12)32-15-9-31-10-19(15,22)23)27-17(30)16-14(8-20(24,25)26)33-18(28-16)29-5-1-2-6-29/h3-4,7,15H,1-2,5-6,8-10H2,(H,27,30)/t15-/m0/s1. The summed E-state index contributed by atoms with van der Waals surface area (Å²) >= 11 is 0. The summed E-state index contributed by atoms with van der Waals surface area (Å²) in [5.41, 5.74) is -0.708. The van der Waals surface area contributed by atoms with Gasteiger partial charge in [0.15, 0.2) is 23.4 Å². The molecule has 13 heteroatoms. The van der Waals surface area contributed by atoms with Crippen molar-refractivity contribution in [3.05, 3.63) is 35.5 Å². The Morgan fingerprint density at radius 1 is 1.27 bits per heavy atom. The Morgan fingerprint density at radius 2 is 2.00 bits per heavy atom. The van der Waals surface area contributed by atoms with Gasteiger partial charge >= 0.3 is 12.1 Å². The third-order valence-corrected chi connectivity index (χ3v) is 5.13. The average Bonchev–Trinajstić information content (AvgIpc) is 3.43. The fourth-order valence-electron chi connectivity index (χ4n) is 3.52. The van der Waals surface area contributed by atoms with Gasteiger partial charge in [0, 0.05) is 24.8 Å². The molecule has 2 fully saturated rings. The molecular formula is C20H19F6N3O4. The van der Waals surface area contributed by atoms with E-state index in [-0.39, 0.29) is 11.7 Å². The molecule has 33 heavy (non-hydrogen) atoms. The third-order valence-electron chi connectivity index (χ3n) is 5.13.